The molecule has 0 radical (unpaired) electrons. The molecule has 0 saturated carbocycles. The Morgan fingerprint density at radius 3 is 2.04 bits per heavy atom. The van der Waals surface area contributed by atoms with Gasteiger partial charge in [0.25, 0.3) is 32.7 Å². The van der Waals surface area contributed by atoms with Gasteiger partial charge in [-0.1, -0.05) is 30.3 Å². The van der Waals surface area contributed by atoms with Gasteiger partial charge in [0.1, 0.15) is 0 Å². The molecule has 1 fully saturated rings. The Hall–Kier alpha value is -3.14. The first-order chi connectivity index (χ1) is 11.7. The average molecular weight is 362 g/mol. The van der Waals surface area contributed by atoms with Crippen LogP contribution in [0.25, 0.3) is 0 Å². The summed E-state index contributed by atoms with van der Waals surface area (Å²) in [5, 5.41) is 0.288. The lowest BCUT2D eigenvalue weighted by Gasteiger charge is -2.32. The summed E-state index contributed by atoms with van der Waals surface area (Å²) in [6.07, 6.45) is 0.497. The Kier molecular flexibility index (Phi) is 3.64. The molecule has 0 aromatic heterocycles. The molecular weight excluding hydrogens is 352 g/mol. The summed E-state index contributed by atoms with van der Waals surface area (Å²) in [5.41, 5.74) is -0.263. The number of imide groups is 2. The second kappa shape index (κ2) is 5.45. The van der Waals surface area contributed by atoms with E-state index >= 15 is 0 Å². The number of sulfone groups is 1. The molecule has 2 aliphatic rings. The summed E-state index contributed by atoms with van der Waals surface area (Å²) in [4.78, 5) is 57.7. The number of rotatable bonds is 3. The second-order valence-corrected chi connectivity index (χ2v) is 7.39. The molecule has 2 heterocycles. The fourth-order valence-corrected chi connectivity index (χ4v) is 4.51. The summed E-state index contributed by atoms with van der Waals surface area (Å²) in [6.45, 7) is 0. The minimum Gasteiger partial charge on any atom is -0.293 e. The average Bonchev–Trinajstić information content (AvgIpc) is 3.06. The van der Waals surface area contributed by atoms with Gasteiger partial charge in [0.2, 0.25) is 10.8 Å². The molecule has 1 N–H and O–H groups in total. The quantitative estimate of drug-likeness (QED) is 0.675. The van der Waals surface area contributed by atoms with Gasteiger partial charge in [-0.15, -0.1) is 0 Å². The number of nitrogens with zero attached hydrogens (tertiary/aromatic N) is 1. The Morgan fingerprint density at radius 1 is 1.00 bits per heavy atom. The van der Waals surface area contributed by atoms with Gasteiger partial charge in [-0.25, -0.2) is 13.3 Å². The van der Waals surface area contributed by atoms with Crippen molar-refractivity contribution in [3.63, 3.8) is 0 Å². The van der Waals surface area contributed by atoms with E-state index in [0.717, 1.165) is 12.2 Å². The van der Waals surface area contributed by atoms with Crippen LogP contribution in [0.2, 0.25) is 0 Å². The van der Waals surface area contributed by atoms with Gasteiger partial charge < -0.3 is 0 Å². The predicted molar refractivity (Wildman–Crippen MR) is 81.2 cm³/mol. The summed E-state index contributed by atoms with van der Waals surface area (Å²) >= 11 is 0. The Balaban J connectivity index is 2.21. The van der Waals surface area contributed by atoms with E-state index in [4.69, 9.17) is 0 Å². The van der Waals surface area contributed by atoms with E-state index in [9.17, 15) is 32.4 Å². The third-order valence-electron chi connectivity index (χ3n) is 3.88. The molecule has 25 heavy (non-hydrogen) atoms. The maximum absolute atomic E-state index is 13.0. The van der Waals surface area contributed by atoms with Crippen molar-refractivity contribution in [1.82, 2.24) is 10.2 Å². The molecule has 2 aliphatic heterocycles. The molecule has 1 saturated heterocycles. The first-order valence-electron chi connectivity index (χ1n) is 6.96. The van der Waals surface area contributed by atoms with Crippen molar-refractivity contribution in [3.05, 3.63) is 48.0 Å². The molecule has 4 amide bonds. The van der Waals surface area contributed by atoms with Crippen LogP contribution in [0.4, 0.5) is 0 Å². The SMILES string of the molecule is O=C1CC(N2C(=O)C=CC2=O)(S(=O)(=O)C(=O)c2ccccc2)C(=O)N1. The van der Waals surface area contributed by atoms with Gasteiger partial charge >= 0.3 is 0 Å². The van der Waals surface area contributed by atoms with Gasteiger partial charge in [-0.3, -0.25) is 29.3 Å². The van der Waals surface area contributed by atoms with E-state index in [1.54, 1.807) is 11.4 Å². The second-order valence-electron chi connectivity index (χ2n) is 5.34. The number of amides is 4. The summed E-state index contributed by atoms with van der Waals surface area (Å²) in [7, 11) is -5.11. The molecule has 1 aromatic rings. The Labute approximate surface area is 141 Å². The van der Waals surface area contributed by atoms with Crippen LogP contribution in [-0.2, 0) is 29.0 Å². The molecule has 3 rings (SSSR count). The van der Waals surface area contributed by atoms with Crippen molar-refractivity contribution in [2.24, 2.45) is 0 Å². The molecule has 1 atom stereocenters. The molecule has 9 nitrogen and oxygen atoms in total. The minimum atomic E-state index is -5.11. The zero-order chi connectivity index (χ0) is 18.4. The topological polar surface area (TPSA) is 135 Å². The van der Waals surface area contributed by atoms with Crippen LogP contribution in [0.15, 0.2) is 42.5 Å². The number of hydrogen-bond donors (Lipinski definition) is 1. The maximum atomic E-state index is 13.0. The van der Waals surface area contributed by atoms with Crippen molar-refractivity contribution in [3.8, 4) is 0 Å². The molecule has 1 unspecified atom stereocenters. The highest BCUT2D eigenvalue weighted by molar-refractivity contribution is 8.08. The zero-order valence-corrected chi connectivity index (χ0v) is 13.3. The summed E-state index contributed by atoms with van der Waals surface area (Å²) in [5.74, 6) is -4.62. The number of nitrogens with one attached hydrogen (secondary N) is 1. The standard InChI is InChI=1S/C15H10N2O7S/c18-10-8-15(14(22)16-10,17-11(19)6-7-12(17)20)25(23,24)13(21)9-4-2-1-3-5-9/h1-7H,8H2,(H,16,18,22). The lowest BCUT2D eigenvalue weighted by molar-refractivity contribution is -0.146. The molecule has 1 aromatic carbocycles. The Bertz CT molecular complexity index is 947. The van der Waals surface area contributed by atoms with Crippen molar-refractivity contribution >= 4 is 38.6 Å². The van der Waals surface area contributed by atoms with Gasteiger partial charge in [0, 0.05) is 17.7 Å². The van der Waals surface area contributed by atoms with Crippen LogP contribution in [0, 0.1) is 0 Å². The summed E-state index contributed by atoms with van der Waals surface area (Å²) < 4.78 is 25.9. The first-order valence-corrected chi connectivity index (χ1v) is 8.44. The van der Waals surface area contributed by atoms with Crippen molar-refractivity contribution < 1.29 is 32.4 Å². The van der Waals surface area contributed by atoms with Crippen LogP contribution in [0.1, 0.15) is 16.8 Å². The van der Waals surface area contributed by atoms with Gasteiger partial charge in [-0.2, -0.15) is 0 Å². The van der Waals surface area contributed by atoms with E-state index in [0.29, 0.717) is 0 Å². The van der Waals surface area contributed by atoms with Crippen LogP contribution in [0.5, 0.6) is 0 Å². The molecule has 0 bridgehead atoms. The van der Waals surface area contributed by atoms with Gasteiger partial charge in [0.15, 0.2) is 0 Å². The van der Waals surface area contributed by atoms with Crippen molar-refractivity contribution in [2.75, 3.05) is 0 Å². The van der Waals surface area contributed by atoms with Crippen molar-refractivity contribution in [2.45, 2.75) is 11.3 Å². The number of carbonyl (C=O) groups excluding carboxylic acids is 5. The molecular formula is C15H10N2O7S. The van der Waals surface area contributed by atoms with E-state index in [1.807, 2.05) is 0 Å². The summed E-state index contributed by atoms with van der Waals surface area (Å²) in [6, 6.07) is 6.76. The zero-order valence-electron chi connectivity index (χ0n) is 12.5. The van der Waals surface area contributed by atoms with E-state index in [1.165, 1.54) is 24.3 Å². The third kappa shape index (κ3) is 2.22. The van der Waals surface area contributed by atoms with E-state index in [-0.39, 0.29) is 10.5 Å². The minimum absolute atomic E-state index is 0.142. The molecule has 10 heteroatoms. The highest BCUT2D eigenvalue weighted by Gasteiger charge is 2.66. The molecule has 0 spiro atoms. The smallest absolute Gasteiger partial charge is 0.279 e. The predicted octanol–water partition coefficient (Wildman–Crippen LogP) is -1.09. The van der Waals surface area contributed by atoms with E-state index in [2.05, 4.69) is 0 Å². The number of benzene rings is 1. The van der Waals surface area contributed by atoms with Gasteiger partial charge in [-0.05, 0) is 0 Å². The van der Waals surface area contributed by atoms with E-state index < -0.39 is 49.9 Å². The maximum Gasteiger partial charge on any atom is 0.279 e. The number of hydrogen-bond acceptors (Lipinski definition) is 7. The Morgan fingerprint density at radius 2 is 1.56 bits per heavy atom. The van der Waals surface area contributed by atoms with Crippen LogP contribution in [0.3, 0.4) is 0 Å². The van der Waals surface area contributed by atoms with Crippen LogP contribution in [-0.4, -0.2) is 46.9 Å². The molecule has 128 valence electrons. The molecule has 0 aliphatic carbocycles. The highest BCUT2D eigenvalue weighted by atomic mass is 32.2. The fraction of sp³-hybridized carbons (Fsp3) is 0.133. The fourth-order valence-electron chi connectivity index (χ4n) is 2.72. The third-order valence-corrected chi connectivity index (χ3v) is 6.00. The highest BCUT2D eigenvalue weighted by Crippen LogP contribution is 2.36. The largest absolute Gasteiger partial charge is 0.293 e. The van der Waals surface area contributed by atoms with Crippen LogP contribution < -0.4 is 5.32 Å². The normalized spacial score (nSPS) is 23.3. The van der Waals surface area contributed by atoms with Gasteiger partial charge in [0.05, 0.1) is 6.42 Å². The monoisotopic (exact) mass is 362 g/mol. The van der Waals surface area contributed by atoms with Crippen molar-refractivity contribution in [1.29, 1.82) is 0 Å². The van der Waals surface area contributed by atoms with Crippen LogP contribution >= 0.6 is 0 Å². The lowest BCUT2D eigenvalue weighted by atomic mass is 10.2. The lowest BCUT2D eigenvalue weighted by Crippen LogP contribution is -2.62. The number of carbonyl (C=O) groups is 5. The first kappa shape index (κ1) is 16.7.